The Bertz CT molecular complexity index is 988. The highest BCUT2D eigenvalue weighted by Gasteiger charge is 2.45. The number of nitrogens with one attached hydrogen (secondary N) is 3. The molecule has 0 heterocycles. The third-order valence-corrected chi connectivity index (χ3v) is 6.55. The van der Waals surface area contributed by atoms with Gasteiger partial charge in [0.25, 0.3) is 0 Å². The molecule has 1 aliphatic rings. The Kier molecular flexibility index (Phi) is 6.54. The van der Waals surface area contributed by atoms with Crippen molar-refractivity contribution in [1.29, 1.82) is 0 Å². The number of hydrogen-bond acceptors (Lipinski definition) is 3. The van der Waals surface area contributed by atoms with E-state index in [4.69, 9.17) is 0 Å². The van der Waals surface area contributed by atoms with Crippen molar-refractivity contribution in [2.24, 2.45) is 4.99 Å². The van der Waals surface area contributed by atoms with Gasteiger partial charge >= 0.3 is 0 Å². The van der Waals surface area contributed by atoms with E-state index in [9.17, 15) is 12.8 Å². The van der Waals surface area contributed by atoms with Crippen molar-refractivity contribution >= 4 is 16.0 Å². The van der Waals surface area contributed by atoms with Crippen molar-refractivity contribution in [3.63, 3.8) is 0 Å². The Balaban J connectivity index is 1.70. The normalized spacial score (nSPS) is 15.8. The molecule has 0 bridgehead atoms. The lowest BCUT2D eigenvalue weighted by Crippen LogP contribution is -2.41. The highest BCUT2D eigenvalue weighted by atomic mass is 32.2. The molecule has 2 aromatic rings. The van der Waals surface area contributed by atoms with E-state index in [-0.39, 0.29) is 16.1 Å². The zero-order valence-electron chi connectivity index (χ0n) is 16.7. The van der Waals surface area contributed by atoms with Gasteiger partial charge in [0.1, 0.15) is 5.82 Å². The van der Waals surface area contributed by atoms with Gasteiger partial charge in [-0.3, -0.25) is 0 Å². The minimum absolute atomic E-state index is 0.170. The maximum absolute atomic E-state index is 14.2. The molecule has 1 fully saturated rings. The van der Waals surface area contributed by atoms with E-state index in [1.165, 1.54) is 13.1 Å². The fourth-order valence-electron chi connectivity index (χ4n) is 3.28. The van der Waals surface area contributed by atoms with Gasteiger partial charge < -0.3 is 10.6 Å². The number of sulfonamides is 1. The Morgan fingerprint density at radius 3 is 2.55 bits per heavy atom. The summed E-state index contributed by atoms with van der Waals surface area (Å²) in [6, 6.07) is 13.6. The molecule has 8 heteroatoms. The second kappa shape index (κ2) is 8.92. The first kappa shape index (κ1) is 21.3. The van der Waals surface area contributed by atoms with Crippen LogP contribution in [0.25, 0.3) is 0 Å². The van der Waals surface area contributed by atoms with Gasteiger partial charge in [0.05, 0.1) is 11.4 Å². The lowest BCUT2D eigenvalue weighted by atomic mass is 9.95. The van der Waals surface area contributed by atoms with Crippen LogP contribution in [0.1, 0.15) is 30.9 Å². The van der Waals surface area contributed by atoms with Crippen molar-refractivity contribution in [3.05, 3.63) is 65.5 Å². The molecule has 0 amide bonds. The predicted molar refractivity (Wildman–Crippen MR) is 113 cm³/mol. The lowest BCUT2D eigenvalue weighted by Gasteiger charge is -2.19. The van der Waals surface area contributed by atoms with Crippen molar-refractivity contribution in [2.45, 2.75) is 36.6 Å². The van der Waals surface area contributed by atoms with Crippen LogP contribution < -0.4 is 15.4 Å². The van der Waals surface area contributed by atoms with Gasteiger partial charge in [-0.15, -0.1) is 0 Å². The van der Waals surface area contributed by atoms with E-state index < -0.39 is 10.0 Å². The van der Waals surface area contributed by atoms with Gasteiger partial charge in [0.15, 0.2) is 5.96 Å². The van der Waals surface area contributed by atoms with E-state index in [1.807, 2.05) is 25.1 Å². The summed E-state index contributed by atoms with van der Waals surface area (Å²) in [5.74, 6) is 0.452. The molecule has 0 atom stereocenters. The molecule has 0 spiro atoms. The van der Waals surface area contributed by atoms with Crippen molar-refractivity contribution < 1.29 is 12.8 Å². The van der Waals surface area contributed by atoms with Gasteiger partial charge in [0.2, 0.25) is 10.0 Å². The SMILES string of the molecule is CCNC(=NCc1cccc(S(=O)(=O)NC)c1)NCC1(c2ccccc2F)CC1. The van der Waals surface area contributed by atoms with Crippen molar-refractivity contribution in [3.8, 4) is 0 Å². The first-order valence-electron chi connectivity index (χ1n) is 9.70. The van der Waals surface area contributed by atoms with Gasteiger partial charge in [-0.05, 0) is 56.1 Å². The number of nitrogens with zero attached hydrogens (tertiary/aromatic N) is 1. The van der Waals surface area contributed by atoms with Crippen LogP contribution in [0.2, 0.25) is 0 Å². The molecule has 0 unspecified atom stereocenters. The van der Waals surface area contributed by atoms with Crippen LogP contribution in [0.3, 0.4) is 0 Å². The summed E-state index contributed by atoms with van der Waals surface area (Å²) in [7, 11) is -2.11. The predicted octanol–water partition coefficient (Wildman–Crippen LogP) is 2.52. The minimum atomic E-state index is -3.49. The number of halogens is 1. The third kappa shape index (κ3) is 5.13. The molecule has 3 N–H and O–H groups in total. The highest BCUT2D eigenvalue weighted by molar-refractivity contribution is 7.89. The summed E-state index contributed by atoms with van der Waals surface area (Å²) >= 11 is 0. The monoisotopic (exact) mass is 418 g/mol. The molecule has 0 aromatic heterocycles. The Hall–Kier alpha value is -2.45. The quantitative estimate of drug-likeness (QED) is 0.454. The summed E-state index contributed by atoms with van der Waals surface area (Å²) in [5, 5.41) is 6.51. The average molecular weight is 419 g/mol. The summed E-state index contributed by atoms with van der Waals surface area (Å²) < 4.78 is 40.5. The second-order valence-corrected chi connectivity index (χ2v) is 9.05. The number of aliphatic imine (C=N–C) groups is 1. The van der Waals surface area contributed by atoms with Crippen LogP contribution in [0.15, 0.2) is 58.4 Å². The number of hydrogen-bond donors (Lipinski definition) is 3. The number of rotatable bonds is 8. The van der Waals surface area contributed by atoms with E-state index in [1.54, 1.807) is 24.3 Å². The Labute approximate surface area is 171 Å². The second-order valence-electron chi connectivity index (χ2n) is 7.16. The van der Waals surface area contributed by atoms with Crippen LogP contribution in [-0.2, 0) is 22.0 Å². The molecule has 156 valence electrons. The molecular weight excluding hydrogens is 391 g/mol. The maximum Gasteiger partial charge on any atom is 0.240 e. The molecule has 0 saturated heterocycles. The van der Waals surface area contributed by atoms with Gasteiger partial charge in [-0.1, -0.05) is 30.3 Å². The Morgan fingerprint density at radius 1 is 1.14 bits per heavy atom. The summed E-state index contributed by atoms with van der Waals surface area (Å²) in [6.45, 7) is 3.58. The highest BCUT2D eigenvalue weighted by Crippen LogP contribution is 2.48. The largest absolute Gasteiger partial charge is 0.357 e. The van der Waals surface area contributed by atoms with Crippen molar-refractivity contribution in [2.75, 3.05) is 20.1 Å². The maximum atomic E-state index is 14.2. The summed E-state index contributed by atoms with van der Waals surface area (Å²) in [6.07, 6.45) is 1.87. The van der Waals surface area contributed by atoms with Crippen LogP contribution in [0, 0.1) is 5.82 Å². The molecule has 6 nitrogen and oxygen atoms in total. The fourth-order valence-corrected chi connectivity index (χ4v) is 4.08. The van der Waals surface area contributed by atoms with Crippen LogP contribution in [0.4, 0.5) is 4.39 Å². The van der Waals surface area contributed by atoms with Crippen LogP contribution in [-0.4, -0.2) is 34.5 Å². The first-order chi connectivity index (χ1) is 13.9. The fraction of sp³-hybridized carbons (Fsp3) is 0.381. The van der Waals surface area contributed by atoms with Gasteiger partial charge in [-0.25, -0.2) is 22.5 Å². The summed E-state index contributed by atoms with van der Waals surface area (Å²) in [4.78, 5) is 4.78. The molecule has 2 aromatic carbocycles. The topological polar surface area (TPSA) is 82.6 Å². The molecule has 1 saturated carbocycles. The van der Waals surface area contributed by atoms with E-state index in [2.05, 4.69) is 20.3 Å². The van der Waals surface area contributed by atoms with Crippen molar-refractivity contribution in [1.82, 2.24) is 15.4 Å². The molecule has 1 aliphatic carbocycles. The Morgan fingerprint density at radius 2 is 1.90 bits per heavy atom. The van der Waals surface area contributed by atoms with Crippen LogP contribution in [0.5, 0.6) is 0 Å². The zero-order chi connectivity index (χ0) is 20.9. The average Bonchev–Trinajstić information content (AvgIpc) is 3.51. The van der Waals surface area contributed by atoms with Crippen LogP contribution >= 0.6 is 0 Å². The van der Waals surface area contributed by atoms with Gasteiger partial charge in [-0.2, -0.15) is 0 Å². The van der Waals surface area contributed by atoms with E-state index in [0.717, 1.165) is 24.0 Å². The summed E-state index contributed by atoms with van der Waals surface area (Å²) in [5.41, 5.74) is 1.34. The standard InChI is InChI=1S/C21H27FN4O2S/c1-3-24-20(25-14-16-7-6-8-17(13-16)29(27,28)23-2)26-15-21(11-12-21)18-9-4-5-10-19(18)22/h4-10,13,23H,3,11-12,14-15H2,1-2H3,(H2,24,25,26). The van der Waals surface area contributed by atoms with E-state index in [0.29, 0.717) is 25.6 Å². The third-order valence-electron chi connectivity index (χ3n) is 5.13. The minimum Gasteiger partial charge on any atom is -0.357 e. The van der Waals surface area contributed by atoms with Gasteiger partial charge in [0, 0.05) is 18.5 Å². The molecular formula is C21H27FN4O2S. The molecule has 3 rings (SSSR count). The zero-order valence-corrected chi connectivity index (χ0v) is 17.5. The number of guanidine groups is 1. The first-order valence-corrected chi connectivity index (χ1v) is 11.2. The number of benzene rings is 2. The van der Waals surface area contributed by atoms with E-state index >= 15 is 0 Å². The molecule has 0 radical (unpaired) electrons. The lowest BCUT2D eigenvalue weighted by molar-refractivity contribution is 0.559. The smallest absolute Gasteiger partial charge is 0.240 e. The molecule has 29 heavy (non-hydrogen) atoms. The molecule has 0 aliphatic heterocycles.